The number of aromatic nitrogens is 1. The van der Waals surface area contributed by atoms with Crippen LogP contribution in [-0.2, 0) is 6.54 Å². The molecule has 0 saturated heterocycles. The van der Waals surface area contributed by atoms with Gasteiger partial charge in [0, 0.05) is 18.0 Å². The van der Waals surface area contributed by atoms with Crippen molar-refractivity contribution in [2.24, 2.45) is 0 Å². The molecule has 0 aliphatic carbocycles. The normalized spacial score (nSPS) is 11.2. The minimum Gasteiger partial charge on any atom is -0.264 e. The topological polar surface area (TPSA) is 12.9 Å². The first-order chi connectivity index (χ1) is 12.9. The Morgan fingerprint density at radius 3 is 1.38 bits per heavy atom. The smallest absolute Gasteiger partial charge is 0.143 e. The van der Waals surface area contributed by atoms with Gasteiger partial charge in [-0.2, -0.15) is 0 Å². The first kappa shape index (κ1) is 16.2. The molecule has 0 spiro atoms. The second-order valence-corrected chi connectivity index (χ2v) is 6.34. The summed E-state index contributed by atoms with van der Waals surface area (Å²) in [5, 5.41) is 0. The number of hydrogen-bond donors (Lipinski definition) is 0. The molecule has 3 aromatic carbocycles. The number of quaternary nitrogens is 1. The Kier molecular flexibility index (Phi) is 4.59. The van der Waals surface area contributed by atoms with Crippen LogP contribution in [0.1, 0.15) is 5.56 Å². The summed E-state index contributed by atoms with van der Waals surface area (Å²) in [6.07, 6.45) is 3.79. The van der Waals surface area contributed by atoms with E-state index in [1.165, 1.54) is 22.6 Å². The average Bonchev–Trinajstić information content (AvgIpc) is 2.75. The highest BCUT2D eigenvalue weighted by Crippen LogP contribution is 2.45. The van der Waals surface area contributed by atoms with Gasteiger partial charge in [-0.25, -0.2) is 4.48 Å². The molecular weight excluding hydrogens is 316 g/mol. The summed E-state index contributed by atoms with van der Waals surface area (Å²) < 4.78 is 0.619. The quantitative estimate of drug-likeness (QED) is 0.392. The lowest BCUT2D eigenvalue weighted by atomic mass is 10.1. The van der Waals surface area contributed by atoms with Gasteiger partial charge in [-0.05, 0) is 42.5 Å². The maximum Gasteiger partial charge on any atom is 0.143 e. The third-order valence-electron chi connectivity index (χ3n) is 4.73. The summed E-state index contributed by atoms with van der Waals surface area (Å²) in [5.41, 5.74) is 4.89. The molecule has 0 aliphatic heterocycles. The maximum absolute atomic E-state index is 4.34. The maximum atomic E-state index is 4.34. The molecule has 1 aromatic heterocycles. The van der Waals surface area contributed by atoms with Crippen LogP contribution >= 0.6 is 0 Å². The Morgan fingerprint density at radius 2 is 1.00 bits per heavy atom. The molecule has 0 bridgehead atoms. The van der Waals surface area contributed by atoms with E-state index in [1.807, 2.05) is 18.5 Å². The van der Waals surface area contributed by atoms with E-state index in [0.29, 0.717) is 4.48 Å². The van der Waals surface area contributed by atoms with Crippen LogP contribution in [0.3, 0.4) is 0 Å². The van der Waals surface area contributed by atoms with Crippen LogP contribution in [0.5, 0.6) is 0 Å². The Balaban J connectivity index is 2.00. The van der Waals surface area contributed by atoms with E-state index in [4.69, 9.17) is 0 Å². The van der Waals surface area contributed by atoms with Gasteiger partial charge in [0.1, 0.15) is 23.6 Å². The van der Waals surface area contributed by atoms with Crippen LogP contribution in [0.4, 0.5) is 17.1 Å². The fraction of sp³-hybridized carbons (Fsp3) is 0.0417. The predicted molar refractivity (Wildman–Crippen MR) is 108 cm³/mol. The van der Waals surface area contributed by atoms with E-state index in [2.05, 4.69) is 102 Å². The fourth-order valence-electron chi connectivity index (χ4n) is 3.53. The van der Waals surface area contributed by atoms with Gasteiger partial charge in [0.2, 0.25) is 0 Å². The van der Waals surface area contributed by atoms with Gasteiger partial charge in [-0.1, -0.05) is 60.7 Å². The summed E-state index contributed by atoms with van der Waals surface area (Å²) in [7, 11) is 0. The van der Waals surface area contributed by atoms with E-state index < -0.39 is 0 Å². The van der Waals surface area contributed by atoms with Crippen LogP contribution in [0.2, 0.25) is 0 Å². The molecule has 0 saturated carbocycles. The number of pyridine rings is 1. The Hall–Kier alpha value is -3.23. The Labute approximate surface area is 154 Å². The lowest BCUT2D eigenvalue weighted by Crippen LogP contribution is -2.38. The lowest BCUT2D eigenvalue weighted by molar-refractivity contribution is 0.511. The predicted octanol–water partition coefficient (Wildman–Crippen LogP) is 6.25. The van der Waals surface area contributed by atoms with Gasteiger partial charge >= 0.3 is 0 Å². The molecule has 126 valence electrons. The van der Waals surface area contributed by atoms with Crippen LogP contribution in [0.25, 0.3) is 0 Å². The van der Waals surface area contributed by atoms with Crippen molar-refractivity contribution in [3.05, 3.63) is 121 Å². The molecule has 1 heterocycles. The number of rotatable bonds is 5. The highest BCUT2D eigenvalue weighted by molar-refractivity contribution is 5.70. The van der Waals surface area contributed by atoms with Crippen molar-refractivity contribution in [1.29, 1.82) is 0 Å². The first-order valence-corrected chi connectivity index (χ1v) is 8.83. The summed E-state index contributed by atoms with van der Waals surface area (Å²) in [6, 6.07) is 36.2. The molecule has 0 amide bonds. The summed E-state index contributed by atoms with van der Waals surface area (Å²) >= 11 is 0. The molecule has 0 unspecified atom stereocenters. The molecule has 4 aromatic rings. The average molecular weight is 337 g/mol. The zero-order valence-electron chi connectivity index (χ0n) is 14.6. The standard InChI is InChI=1S/C24H21N2/c1-4-12-22(13-5-1)26(23-14-6-2-7-15-23,24-16-8-3-9-17-24)20-21-11-10-18-25-19-21/h1-19H,20H2/q+1. The number of nitrogens with zero attached hydrogens (tertiary/aromatic N) is 2. The fourth-order valence-corrected chi connectivity index (χ4v) is 3.53. The van der Waals surface area contributed by atoms with Gasteiger partial charge in [-0.3, -0.25) is 4.98 Å². The molecule has 4 rings (SSSR count). The largest absolute Gasteiger partial charge is 0.264 e. The zero-order chi connectivity index (χ0) is 17.7. The second kappa shape index (κ2) is 7.34. The summed E-state index contributed by atoms with van der Waals surface area (Å²) in [4.78, 5) is 4.34. The highest BCUT2D eigenvalue weighted by Gasteiger charge is 2.36. The van der Waals surface area contributed by atoms with Crippen LogP contribution in [0, 0.1) is 0 Å². The first-order valence-electron chi connectivity index (χ1n) is 8.83. The molecule has 0 fully saturated rings. The third-order valence-corrected chi connectivity index (χ3v) is 4.73. The number of hydrogen-bond acceptors (Lipinski definition) is 1. The van der Waals surface area contributed by atoms with Crippen molar-refractivity contribution < 1.29 is 0 Å². The minimum absolute atomic E-state index is 0.619. The van der Waals surface area contributed by atoms with Gasteiger partial charge in [-0.15, -0.1) is 0 Å². The minimum atomic E-state index is 0.619. The SMILES string of the molecule is c1ccc([N+](Cc2cccnc2)(c2ccccc2)c2ccccc2)cc1. The van der Waals surface area contributed by atoms with Crippen LogP contribution in [0.15, 0.2) is 116 Å². The van der Waals surface area contributed by atoms with Crippen LogP contribution in [-0.4, -0.2) is 4.98 Å². The molecule has 0 aliphatic rings. The van der Waals surface area contributed by atoms with E-state index in [9.17, 15) is 0 Å². The molecule has 26 heavy (non-hydrogen) atoms. The number of para-hydroxylation sites is 3. The van der Waals surface area contributed by atoms with E-state index in [-0.39, 0.29) is 0 Å². The van der Waals surface area contributed by atoms with Crippen molar-refractivity contribution in [2.45, 2.75) is 6.54 Å². The lowest BCUT2D eigenvalue weighted by Gasteiger charge is -2.37. The summed E-state index contributed by atoms with van der Waals surface area (Å²) in [6.45, 7) is 0.798. The zero-order valence-corrected chi connectivity index (χ0v) is 14.6. The molecule has 2 nitrogen and oxygen atoms in total. The highest BCUT2D eigenvalue weighted by atomic mass is 15.4. The molecule has 0 atom stereocenters. The number of benzene rings is 3. The van der Waals surface area contributed by atoms with E-state index in [0.717, 1.165) is 6.54 Å². The molecule has 0 N–H and O–H groups in total. The molecule has 0 radical (unpaired) electrons. The Bertz CT molecular complexity index is 840. The van der Waals surface area contributed by atoms with E-state index >= 15 is 0 Å². The van der Waals surface area contributed by atoms with Gasteiger partial charge in [0.25, 0.3) is 0 Å². The van der Waals surface area contributed by atoms with Crippen molar-refractivity contribution >= 4 is 17.1 Å². The van der Waals surface area contributed by atoms with Gasteiger partial charge in [0.15, 0.2) is 0 Å². The van der Waals surface area contributed by atoms with Crippen molar-refractivity contribution in [1.82, 2.24) is 9.47 Å². The van der Waals surface area contributed by atoms with Crippen molar-refractivity contribution in [3.63, 3.8) is 0 Å². The molecular formula is C24H21N2+. The molecule has 2 heteroatoms. The monoisotopic (exact) mass is 337 g/mol. The summed E-state index contributed by atoms with van der Waals surface area (Å²) in [5.74, 6) is 0. The third kappa shape index (κ3) is 3.03. The van der Waals surface area contributed by atoms with Gasteiger partial charge in [0.05, 0.1) is 0 Å². The van der Waals surface area contributed by atoms with Crippen molar-refractivity contribution in [3.8, 4) is 0 Å². The second-order valence-electron chi connectivity index (χ2n) is 6.34. The van der Waals surface area contributed by atoms with Gasteiger partial charge < -0.3 is 0 Å². The Morgan fingerprint density at radius 1 is 0.538 bits per heavy atom. The van der Waals surface area contributed by atoms with Crippen LogP contribution < -0.4 is 4.48 Å². The van der Waals surface area contributed by atoms with Crippen molar-refractivity contribution in [2.75, 3.05) is 0 Å². The van der Waals surface area contributed by atoms with E-state index in [1.54, 1.807) is 0 Å².